The molecule has 2 aromatic carbocycles. The summed E-state index contributed by atoms with van der Waals surface area (Å²) in [4.78, 5) is 14.3. The highest BCUT2D eigenvalue weighted by atomic mass is 32.2. The van der Waals surface area contributed by atoms with E-state index < -0.39 is 10.0 Å². The number of nitrogens with zero attached hydrogens (tertiary/aromatic N) is 5. The van der Waals surface area contributed by atoms with Gasteiger partial charge in [-0.2, -0.15) is 14.7 Å². The standard InChI is InChI=1S/C22H22N6O3S/c23-14-18-6-8-21(9-7-18)32(30,31)27-12-10-26(11-13-27)22(29)24-15-19-16-25-28(17-19)20-4-2-1-3-5-20/h1-9,16-17H,10-13,15H2,(H,24,29). The number of carbonyl (C=O) groups is 1. The molecule has 3 aromatic rings. The summed E-state index contributed by atoms with van der Waals surface area (Å²) in [5.41, 5.74) is 2.20. The SMILES string of the molecule is N#Cc1ccc(S(=O)(=O)N2CCN(C(=O)NCc3cnn(-c4ccccc4)c3)CC2)cc1. The minimum atomic E-state index is -3.66. The van der Waals surface area contributed by atoms with Crippen LogP contribution in [0.2, 0.25) is 0 Å². The minimum Gasteiger partial charge on any atom is -0.334 e. The van der Waals surface area contributed by atoms with E-state index >= 15 is 0 Å². The van der Waals surface area contributed by atoms with Crippen molar-refractivity contribution >= 4 is 16.1 Å². The van der Waals surface area contributed by atoms with Gasteiger partial charge < -0.3 is 10.2 Å². The van der Waals surface area contributed by atoms with Gasteiger partial charge in [-0.1, -0.05) is 18.2 Å². The zero-order valence-electron chi connectivity index (χ0n) is 17.3. The molecule has 1 N–H and O–H groups in total. The first-order valence-electron chi connectivity index (χ1n) is 10.1. The van der Waals surface area contributed by atoms with E-state index in [0.717, 1.165) is 11.3 Å². The van der Waals surface area contributed by atoms with Crippen molar-refractivity contribution in [3.05, 3.63) is 78.1 Å². The van der Waals surface area contributed by atoms with E-state index in [2.05, 4.69) is 10.4 Å². The molecule has 0 spiro atoms. The van der Waals surface area contributed by atoms with E-state index in [1.54, 1.807) is 15.8 Å². The molecule has 0 atom stereocenters. The second kappa shape index (κ2) is 9.21. The molecule has 32 heavy (non-hydrogen) atoms. The Morgan fingerprint density at radius 3 is 2.38 bits per heavy atom. The maximum atomic E-state index is 12.8. The summed E-state index contributed by atoms with van der Waals surface area (Å²) in [5, 5.41) is 16.1. The van der Waals surface area contributed by atoms with Crippen molar-refractivity contribution in [2.24, 2.45) is 0 Å². The Hall–Kier alpha value is -3.68. The van der Waals surface area contributed by atoms with Crippen molar-refractivity contribution in [2.75, 3.05) is 26.2 Å². The van der Waals surface area contributed by atoms with Crippen LogP contribution in [0.1, 0.15) is 11.1 Å². The number of piperazine rings is 1. The van der Waals surface area contributed by atoms with Crippen LogP contribution in [0.5, 0.6) is 0 Å². The monoisotopic (exact) mass is 450 g/mol. The summed E-state index contributed by atoms with van der Waals surface area (Å²) in [6.45, 7) is 1.34. The summed E-state index contributed by atoms with van der Waals surface area (Å²) in [5.74, 6) is 0. The molecule has 2 amide bonds. The van der Waals surface area contributed by atoms with Crippen LogP contribution in [-0.2, 0) is 16.6 Å². The smallest absolute Gasteiger partial charge is 0.317 e. The summed E-state index contributed by atoms with van der Waals surface area (Å²) in [7, 11) is -3.66. The molecule has 4 rings (SSSR count). The molecular weight excluding hydrogens is 428 g/mol. The van der Waals surface area contributed by atoms with Crippen molar-refractivity contribution in [1.29, 1.82) is 5.26 Å². The Kier molecular flexibility index (Phi) is 6.20. The number of para-hydroxylation sites is 1. The molecule has 1 aliphatic heterocycles. The van der Waals surface area contributed by atoms with Gasteiger partial charge in [0.1, 0.15) is 0 Å². The van der Waals surface area contributed by atoms with Gasteiger partial charge in [0.15, 0.2) is 0 Å². The maximum absolute atomic E-state index is 12.8. The van der Waals surface area contributed by atoms with Gasteiger partial charge in [-0.05, 0) is 36.4 Å². The molecule has 9 nitrogen and oxygen atoms in total. The van der Waals surface area contributed by atoms with Gasteiger partial charge in [0.2, 0.25) is 10.0 Å². The molecule has 1 saturated heterocycles. The third kappa shape index (κ3) is 4.64. The third-order valence-corrected chi connectivity index (χ3v) is 7.16. The molecule has 0 aliphatic carbocycles. The number of aromatic nitrogens is 2. The Labute approximate surface area is 186 Å². The maximum Gasteiger partial charge on any atom is 0.317 e. The van der Waals surface area contributed by atoms with Crippen LogP contribution in [0, 0.1) is 11.3 Å². The van der Waals surface area contributed by atoms with Crippen LogP contribution in [0.15, 0.2) is 71.9 Å². The highest BCUT2D eigenvalue weighted by Gasteiger charge is 2.30. The second-order valence-corrected chi connectivity index (χ2v) is 9.25. The molecule has 1 fully saturated rings. The largest absolute Gasteiger partial charge is 0.334 e. The first kappa shape index (κ1) is 21.5. The highest BCUT2D eigenvalue weighted by Crippen LogP contribution is 2.18. The fraction of sp³-hybridized carbons (Fsp3) is 0.227. The first-order chi connectivity index (χ1) is 15.5. The second-order valence-electron chi connectivity index (χ2n) is 7.31. The summed E-state index contributed by atoms with van der Waals surface area (Å²) in [6.07, 6.45) is 3.56. The summed E-state index contributed by atoms with van der Waals surface area (Å²) < 4.78 is 28.7. The minimum absolute atomic E-state index is 0.143. The number of rotatable bonds is 5. The van der Waals surface area contributed by atoms with E-state index in [0.29, 0.717) is 25.2 Å². The number of sulfonamides is 1. The molecular formula is C22H22N6O3S. The van der Waals surface area contributed by atoms with Crippen LogP contribution in [-0.4, -0.2) is 59.6 Å². The van der Waals surface area contributed by atoms with Crippen molar-refractivity contribution in [3.8, 4) is 11.8 Å². The number of nitriles is 1. The lowest BCUT2D eigenvalue weighted by atomic mass is 10.2. The van der Waals surface area contributed by atoms with Crippen molar-refractivity contribution in [3.63, 3.8) is 0 Å². The average molecular weight is 451 g/mol. The van der Waals surface area contributed by atoms with Crippen LogP contribution in [0.25, 0.3) is 5.69 Å². The van der Waals surface area contributed by atoms with Gasteiger partial charge in [0.05, 0.1) is 28.4 Å². The lowest BCUT2D eigenvalue weighted by Gasteiger charge is -2.34. The molecule has 1 aromatic heterocycles. The predicted octanol–water partition coefficient (Wildman–Crippen LogP) is 1.96. The van der Waals surface area contributed by atoms with Crippen molar-refractivity contribution in [2.45, 2.75) is 11.4 Å². The Balaban J connectivity index is 1.30. The van der Waals surface area contributed by atoms with E-state index in [4.69, 9.17) is 5.26 Å². The molecule has 164 valence electrons. The summed E-state index contributed by atoms with van der Waals surface area (Å²) >= 11 is 0. The van der Waals surface area contributed by atoms with Crippen LogP contribution >= 0.6 is 0 Å². The van der Waals surface area contributed by atoms with Crippen LogP contribution < -0.4 is 5.32 Å². The van der Waals surface area contributed by atoms with Crippen molar-refractivity contribution < 1.29 is 13.2 Å². The molecule has 0 bridgehead atoms. The predicted molar refractivity (Wildman–Crippen MR) is 117 cm³/mol. The van der Waals surface area contributed by atoms with E-state index in [9.17, 15) is 13.2 Å². The zero-order chi connectivity index (χ0) is 22.6. The van der Waals surface area contributed by atoms with Crippen LogP contribution in [0.3, 0.4) is 0 Å². The molecule has 2 heterocycles. The number of carbonyl (C=O) groups excluding carboxylic acids is 1. The number of hydrogen-bond donors (Lipinski definition) is 1. The van der Waals surface area contributed by atoms with Gasteiger partial charge in [-0.15, -0.1) is 0 Å². The number of amides is 2. The van der Waals surface area contributed by atoms with E-state index in [-0.39, 0.29) is 24.0 Å². The Morgan fingerprint density at radius 1 is 1.03 bits per heavy atom. The van der Waals surface area contributed by atoms with Gasteiger partial charge >= 0.3 is 6.03 Å². The average Bonchev–Trinajstić information content (AvgIpc) is 3.32. The summed E-state index contributed by atoms with van der Waals surface area (Å²) in [6, 6.07) is 17.2. The molecule has 10 heteroatoms. The Bertz CT molecular complexity index is 1220. The highest BCUT2D eigenvalue weighted by molar-refractivity contribution is 7.89. The molecule has 1 aliphatic rings. The van der Waals surface area contributed by atoms with Crippen LogP contribution in [0.4, 0.5) is 4.79 Å². The topological polar surface area (TPSA) is 111 Å². The Morgan fingerprint density at radius 2 is 1.72 bits per heavy atom. The van der Waals surface area contributed by atoms with Crippen molar-refractivity contribution in [1.82, 2.24) is 24.3 Å². The number of nitrogens with one attached hydrogen (secondary N) is 1. The van der Waals surface area contributed by atoms with Gasteiger partial charge in [0.25, 0.3) is 0 Å². The first-order valence-corrected chi connectivity index (χ1v) is 11.5. The number of benzene rings is 2. The lowest BCUT2D eigenvalue weighted by Crippen LogP contribution is -2.52. The molecule has 0 radical (unpaired) electrons. The molecule has 0 saturated carbocycles. The van der Waals surface area contributed by atoms with E-state index in [1.165, 1.54) is 28.6 Å². The van der Waals surface area contributed by atoms with Gasteiger partial charge in [0, 0.05) is 44.5 Å². The fourth-order valence-electron chi connectivity index (χ4n) is 3.44. The third-order valence-electron chi connectivity index (χ3n) is 5.25. The quantitative estimate of drug-likeness (QED) is 0.639. The van der Waals surface area contributed by atoms with Gasteiger partial charge in [-0.25, -0.2) is 17.9 Å². The van der Waals surface area contributed by atoms with E-state index in [1.807, 2.05) is 42.6 Å². The molecule has 0 unspecified atom stereocenters. The fourth-order valence-corrected chi connectivity index (χ4v) is 4.87. The normalized spacial score (nSPS) is 14.7. The zero-order valence-corrected chi connectivity index (χ0v) is 18.1. The van der Waals surface area contributed by atoms with Gasteiger partial charge in [-0.3, -0.25) is 0 Å². The number of urea groups is 1. The number of hydrogen-bond acceptors (Lipinski definition) is 5. The lowest BCUT2D eigenvalue weighted by molar-refractivity contribution is 0.172.